The van der Waals surface area contributed by atoms with E-state index in [0.717, 1.165) is 25.4 Å². The molecule has 1 aliphatic rings. The molecular formula is C16H25N3O2. The fourth-order valence-corrected chi connectivity index (χ4v) is 2.74. The summed E-state index contributed by atoms with van der Waals surface area (Å²) in [6, 6.07) is 6.11. The van der Waals surface area contributed by atoms with E-state index in [1.165, 1.54) is 11.1 Å². The summed E-state index contributed by atoms with van der Waals surface area (Å²) in [5.41, 5.74) is 2.41. The summed E-state index contributed by atoms with van der Waals surface area (Å²) < 4.78 is 5.84. The number of piperazine rings is 1. The molecule has 0 spiro atoms. The summed E-state index contributed by atoms with van der Waals surface area (Å²) in [6.07, 6.45) is 0. The molecule has 0 aromatic heterocycles. The molecule has 21 heavy (non-hydrogen) atoms. The lowest BCUT2D eigenvalue weighted by Crippen LogP contribution is -2.58. The molecule has 0 saturated carbocycles. The highest BCUT2D eigenvalue weighted by molar-refractivity contribution is 5.81. The Hall–Kier alpha value is -1.59. The molecule has 1 unspecified atom stereocenters. The second-order valence-electron chi connectivity index (χ2n) is 5.54. The smallest absolute Gasteiger partial charge is 0.238 e. The summed E-state index contributed by atoms with van der Waals surface area (Å²) in [4.78, 5) is 14.0. The van der Waals surface area contributed by atoms with Gasteiger partial charge in [-0.3, -0.25) is 9.69 Å². The molecule has 1 fully saturated rings. The van der Waals surface area contributed by atoms with E-state index in [1.54, 1.807) is 7.05 Å². The van der Waals surface area contributed by atoms with Gasteiger partial charge < -0.3 is 15.4 Å². The van der Waals surface area contributed by atoms with Crippen LogP contribution in [0.15, 0.2) is 18.2 Å². The molecule has 116 valence electrons. The Labute approximate surface area is 126 Å². The average molecular weight is 291 g/mol. The van der Waals surface area contributed by atoms with Crippen molar-refractivity contribution in [3.8, 4) is 5.75 Å². The number of hydrogen-bond donors (Lipinski definition) is 2. The molecule has 1 aromatic carbocycles. The Kier molecular flexibility index (Phi) is 5.59. The number of rotatable bonds is 5. The lowest BCUT2D eigenvalue weighted by Gasteiger charge is -2.34. The summed E-state index contributed by atoms with van der Waals surface area (Å²) in [6.45, 7) is 7.97. The fourth-order valence-electron chi connectivity index (χ4n) is 2.74. The zero-order valence-corrected chi connectivity index (χ0v) is 13.1. The maximum Gasteiger partial charge on any atom is 0.238 e. The van der Waals surface area contributed by atoms with Gasteiger partial charge in [0.15, 0.2) is 0 Å². The Balaban J connectivity index is 1.87. The molecule has 2 N–H and O–H groups in total. The monoisotopic (exact) mass is 291 g/mol. The maximum absolute atomic E-state index is 11.9. The van der Waals surface area contributed by atoms with Crippen LogP contribution in [0.2, 0.25) is 0 Å². The van der Waals surface area contributed by atoms with Crippen LogP contribution in [0.25, 0.3) is 0 Å². The number of benzene rings is 1. The topological polar surface area (TPSA) is 53.6 Å². The predicted octanol–water partition coefficient (Wildman–Crippen LogP) is 0.702. The van der Waals surface area contributed by atoms with Crippen molar-refractivity contribution in [1.29, 1.82) is 0 Å². The Morgan fingerprint density at radius 3 is 2.76 bits per heavy atom. The molecule has 1 amide bonds. The number of likely N-dealkylation sites (N-methyl/N-ethyl adjacent to an activating group) is 1. The van der Waals surface area contributed by atoms with Gasteiger partial charge in [0.1, 0.15) is 18.4 Å². The lowest BCUT2D eigenvalue weighted by atomic mass is 10.1. The number of nitrogens with zero attached hydrogens (tertiary/aromatic N) is 1. The Morgan fingerprint density at radius 2 is 2.10 bits per heavy atom. The average Bonchev–Trinajstić information content (AvgIpc) is 2.46. The second kappa shape index (κ2) is 7.43. The number of carbonyl (C=O) groups excluding carboxylic acids is 1. The molecule has 5 nitrogen and oxygen atoms in total. The van der Waals surface area contributed by atoms with Gasteiger partial charge in [0.25, 0.3) is 0 Å². The third-order valence-corrected chi connectivity index (χ3v) is 3.75. The van der Waals surface area contributed by atoms with E-state index in [1.807, 2.05) is 12.1 Å². The molecule has 1 atom stereocenters. The molecule has 0 radical (unpaired) electrons. The number of nitrogens with one attached hydrogen (secondary N) is 2. The minimum absolute atomic E-state index is 0.0635. The van der Waals surface area contributed by atoms with Crippen molar-refractivity contribution in [3.05, 3.63) is 29.3 Å². The zero-order valence-electron chi connectivity index (χ0n) is 13.1. The van der Waals surface area contributed by atoms with Gasteiger partial charge in [-0.15, -0.1) is 0 Å². The van der Waals surface area contributed by atoms with Gasteiger partial charge in [0.05, 0.1) is 0 Å². The third-order valence-electron chi connectivity index (χ3n) is 3.75. The minimum Gasteiger partial charge on any atom is -0.492 e. The van der Waals surface area contributed by atoms with Crippen molar-refractivity contribution in [2.24, 2.45) is 0 Å². The van der Waals surface area contributed by atoms with E-state index in [-0.39, 0.29) is 11.9 Å². The van der Waals surface area contributed by atoms with E-state index >= 15 is 0 Å². The van der Waals surface area contributed by atoms with Gasteiger partial charge in [-0.05, 0) is 37.1 Å². The standard InChI is InChI=1S/C16H25N3O2/c1-12-8-13(2)10-14(9-12)21-7-6-19-5-4-18-11-15(19)16(20)17-3/h8-10,15,18H,4-7,11H2,1-3H3,(H,17,20). The molecule has 1 saturated heterocycles. The van der Waals surface area contributed by atoms with Crippen LogP contribution in [-0.4, -0.2) is 56.7 Å². The van der Waals surface area contributed by atoms with Crippen LogP contribution in [-0.2, 0) is 4.79 Å². The Bertz CT molecular complexity index is 470. The van der Waals surface area contributed by atoms with Crippen LogP contribution >= 0.6 is 0 Å². The van der Waals surface area contributed by atoms with E-state index < -0.39 is 0 Å². The van der Waals surface area contributed by atoms with Gasteiger partial charge in [0, 0.05) is 33.2 Å². The molecule has 0 bridgehead atoms. The molecule has 2 rings (SSSR count). The highest BCUT2D eigenvalue weighted by Gasteiger charge is 2.27. The molecular weight excluding hydrogens is 266 g/mol. The van der Waals surface area contributed by atoms with E-state index in [0.29, 0.717) is 13.2 Å². The van der Waals surface area contributed by atoms with Crippen molar-refractivity contribution in [1.82, 2.24) is 15.5 Å². The van der Waals surface area contributed by atoms with Gasteiger partial charge >= 0.3 is 0 Å². The largest absolute Gasteiger partial charge is 0.492 e. The first kappa shape index (κ1) is 15.8. The first-order chi connectivity index (χ1) is 10.1. The molecule has 1 aliphatic heterocycles. The van der Waals surface area contributed by atoms with E-state index in [9.17, 15) is 4.79 Å². The molecule has 1 heterocycles. The third kappa shape index (κ3) is 4.44. The van der Waals surface area contributed by atoms with Crippen LogP contribution in [0, 0.1) is 13.8 Å². The van der Waals surface area contributed by atoms with Crippen LogP contribution in [0.4, 0.5) is 0 Å². The van der Waals surface area contributed by atoms with E-state index in [2.05, 4.69) is 35.4 Å². The quantitative estimate of drug-likeness (QED) is 0.838. The van der Waals surface area contributed by atoms with Crippen molar-refractivity contribution >= 4 is 5.91 Å². The number of ether oxygens (including phenoxy) is 1. The molecule has 0 aliphatic carbocycles. The maximum atomic E-state index is 11.9. The fraction of sp³-hybridized carbons (Fsp3) is 0.562. The summed E-state index contributed by atoms with van der Waals surface area (Å²) >= 11 is 0. The van der Waals surface area contributed by atoms with Crippen LogP contribution < -0.4 is 15.4 Å². The van der Waals surface area contributed by atoms with Gasteiger partial charge in [-0.1, -0.05) is 6.07 Å². The SMILES string of the molecule is CNC(=O)C1CNCCN1CCOc1cc(C)cc(C)c1. The van der Waals surface area contributed by atoms with Crippen molar-refractivity contribution in [2.75, 3.05) is 39.8 Å². The summed E-state index contributed by atoms with van der Waals surface area (Å²) in [5.74, 6) is 0.965. The first-order valence-corrected chi connectivity index (χ1v) is 7.47. The molecule has 1 aromatic rings. The van der Waals surface area contributed by atoms with Gasteiger partial charge in [-0.2, -0.15) is 0 Å². The number of amides is 1. The number of aryl methyl sites for hydroxylation is 2. The first-order valence-electron chi connectivity index (χ1n) is 7.47. The highest BCUT2D eigenvalue weighted by atomic mass is 16.5. The van der Waals surface area contributed by atoms with Crippen LogP contribution in [0.3, 0.4) is 0 Å². The normalized spacial score (nSPS) is 19.3. The highest BCUT2D eigenvalue weighted by Crippen LogP contribution is 2.16. The second-order valence-corrected chi connectivity index (χ2v) is 5.54. The summed E-state index contributed by atoms with van der Waals surface area (Å²) in [5, 5.41) is 5.99. The van der Waals surface area contributed by atoms with Crippen LogP contribution in [0.5, 0.6) is 5.75 Å². The predicted molar refractivity (Wildman–Crippen MR) is 83.7 cm³/mol. The van der Waals surface area contributed by atoms with Gasteiger partial charge in [0.2, 0.25) is 5.91 Å². The minimum atomic E-state index is -0.105. The molecule has 5 heteroatoms. The number of hydrogen-bond acceptors (Lipinski definition) is 4. The van der Waals surface area contributed by atoms with Crippen LogP contribution in [0.1, 0.15) is 11.1 Å². The Morgan fingerprint density at radius 1 is 1.38 bits per heavy atom. The lowest BCUT2D eigenvalue weighted by molar-refractivity contribution is -0.126. The van der Waals surface area contributed by atoms with Crippen molar-refractivity contribution in [3.63, 3.8) is 0 Å². The summed E-state index contributed by atoms with van der Waals surface area (Å²) in [7, 11) is 1.68. The van der Waals surface area contributed by atoms with Crippen molar-refractivity contribution < 1.29 is 9.53 Å². The van der Waals surface area contributed by atoms with Gasteiger partial charge in [-0.25, -0.2) is 0 Å². The number of carbonyl (C=O) groups is 1. The zero-order chi connectivity index (χ0) is 15.2. The van der Waals surface area contributed by atoms with E-state index in [4.69, 9.17) is 4.74 Å². The van der Waals surface area contributed by atoms with Crippen molar-refractivity contribution in [2.45, 2.75) is 19.9 Å².